The fourth-order valence-electron chi connectivity index (χ4n) is 4.93. The van der Waals surface area contributed by atoms with Crippen LogP contribution in [-0.4, -0.2) is 28.8 Å². The number of aromatic nitrogens is 2. The molecule has 0 saturated carbocycles. The molecule has 1 fully saturated rings. The van der Waals surface area contributed by atoms with E-state index in [4.69, 9.17) is 4.42 Å². The van der Waals surface area contributed by atoms with Gasteiger partial charge in [-0.05, 0) is 75.2 Å². The maximum atomic E-state index is 13.9. The van der Waals surface area contributed by atoms with Gasteiger partial charge in [0.2, 0.25) is 0 Å². The third kappa shape index (κ3) is 3.37. The van der Waals surface area contributed by atoms with E-state index >= 15 is 0 Å². The lowest BCUT2D eigenvalue weighted by molar-refractivity contribution is -0.157. The zero-order valence-corrected chi connectivity index (χ0v) is 16.2. The number of fused-ring (bicyclic) bond motifs is 2. The minimum Gasteiger partial charge on any atom is -0.461 e. The summed E-state index contributed by atoms with van der Waals surface area (Å²) in [5.41, 5.74) is 2.48. The van der Waals surface area contributed by atoms with Crippen molar-refractivity contribution in [2.75, 3.05) is 13.1 Å². The molecular weight excluding hydrogens is 381 g/mol. The van der Waals surface area contributed by atoms with Gasteiger partial charge in [0, 0.05) is 12.2 Å². The summed E-state index contributed by atoms with van der Waals surface area (Å²) < 4.78 is 49.2. The van der Waals surface area contributed by atoms with Crippen LogP contribution in [0.2, 0.25) is 0 Å². The van der Waals surface area contributed by atoms with Crippen molar-refractivity contribution in [2.45, 2.75) is 57.3 Å². The third-order valence-electron chi connectivity index (χ3n) is 6.38. The highest BCUT2D eigenvalue weighted by atomic mass is 19.4. The standard InChI is InChI=1S/C21H25F3N4O/c22-21(23,24)19-17-18(14-3-1-4-15(14)26-19)28(11-8-13-6-9-25-10-7-13)20(27-17)16-5-2-12-29-16/h2,5,12-13,19,25-26H,1,3-4,6-11H2. The van der Waals surface area contributed by atoms with Gasteiger partial charge in [0.25, 0.3) is 0 Å². The largest absolute Gasteiger partial charge is 0.461 e. The molecule has 0 amide bonds. The fourth-order valence-corrected chi connectivity index (χ4v) is 4.93. The molecule has 156 valence electrons. The molecule has 2 aromatic heterocycles. The highest BCUT2D eigenvalue weighted by Gasteiger charge is 2.48. The molecule has 3 aliphatic rings. The van der Waals surface area contributed by atoms with E-state index in [1.54, 1.807) is 18.4 Å². The van der Waals surface area contributed by atoms with Crippen molar-refractivity contribution in [1.29, 1.82) is 0 Å². The van der Waals surface area contributed by atoms with Crippen LogP contribution in [0.5, 0.6) is 0 Å². The molecule has 2 N–H and O–H groups in total. The van der Waals surface area contributed by atoms with Gasteiger partial charge < -0.3 is 19.6 Å². The molecule has 1 unspecified atom stereocenters. The Bertz CT molecular complexity index is 907. The van der Waals surface area contributed by atoms with Gasteiger partial charge in [-0.1, -0.05) is 0 Å². The third-order valence-corrected chi connectivity index (χ3v) is 6.38. The van der Waals surface area contributed by atoms with E-state index in [0.29, 0.717) is 36.2 Å². The van der Waals surface area contributed by atoms with Crippen LogP contribution in [0.25, 0.3) is 17.2 Å². The van der Waals surface area contributed by atoms with E-state index in [9.17, 15) is 13.2 Å². The second kappa shape index (κ2) is 7.23. The van der Waals surface area contributed by atoms with Crippen molar-refractivity contribution in [3.05, 3.63) is 35.5 Å². The van der Waals surface area contributed by atoms with Gasteiger partial charge in [-0.15, -0.1) is 0 Å². The number of hydrogen-bond acceptors (Lipinski definition) is 4. The van der Waals surface area contributed by atoms with E-state index in [1.807, 2.05) is 4.57 Å². The second-order valence-electron chi connectivity index (χ2n) is 8.21. The Balaban J connectivity index is 1.59. The summed E-state index contributed by atoms with van der Waals surface area (Å²) in [7, 11) is 0. The van der Waals surface area contributed by atoms with Gasteiger partial charge in [-0.25, -0.2) is 4.98 Å². The van der Waals surface area contributed by atoms with Gasteiger partial charge in [-0.3, -0.25) is 0 Å². The Morgan fingerprint density at radius 2 is 2.03 bits per heavy atom. The average molecular weight is 406 g/mol. The number of furan rings is 1. The SMILES string of the molecule is FC(F)(F)C1NC2=C(CCC2)c2c1nc(-c1ccco1)n2CCC1CCNCC1. The molecular formula is C21H25F3N4O. The van der Waals surface area contributed by atoms with E-state index < -0.39 is 12.2 Å². The summed E-state index contributed by atoms with van der Waals surface area (Å²) in [5, 5.41) is 6.11. The lowest BCUT2D eigenvalue weighted by Gasteiger charge is -2.29. The highest BCUT2D eigenvalue weighted by molar-refractivity contribution is 5.74. The molecule has 0 spiro atoms. The average Bonchev–Trinajstić information content (AvgIpc) is 3.43. The molecule has 2 aliphatic heterocycles. The van der Waals surface area contributed by atoms with Crippen LogP contribution in [0.4, 0.5) is 13.2 Å². The van der Waals surface area contributed by atoms with E-state index in [2.05, 4.69) is 15.6 Å². The molecule has 0 radical (unpaired) electrons. The highest BCUT2D eigenvalue weighted by Crippen LogP contribution is 2.47. The summed E-state index contributed by atoms with van der Waals surface area (Å²) in [6.45, 7) is 2.67. The first-order valence-corrected chi connectivity index (χ1v) is 10.4. The zero-order valence-electron chi connectivity index (χ0n) is 16.2. The van der Waals surface area contributed by atoms with E-state index in [1.165, 1.54) is 0 Å². The Kier molecular flexibility index (Phi) is 4.69. The zero-order chi connectivity index (χ0) is 20.0. The van der Waals surface area contributed by atoms with E-state index in [0.717, 1.165) is 56.5 Å². The molecule has 0 bridgehead atoms. The number of allylic oxidation sites excluding steroid dienone is 2. The molecule has 1 aliphatic carbocycles. The van der Waals surface area contributed by atoms with Crippen molar-refractivity contribution in [2.24, 2.45) is 5.92 Å². The quantitative estimate of drug-likeness (QED) is 0.777. The summed E-state index contributed by atoms with van der Waals surface area (Å²) >= 11 is 0. The van der Waals surface area contributed by atoms with Crippen LogP contribution in [0.3, 0.4) is 0 Å². The van der Waals surface area contributed by atoms with Crippen LogP contribution < -0.4 is 10.6 Å². The van der Waals surface area contributed by atoms with Gasteiger partial charge in [0.1, 0.15) is 0 Å². The van der Waals surface area contributed by atoms with Gasteiger partial charge in [0.15, 0.2) is 17.6 Å². The van der Waals surface area contributed by atoms with Crippen LogP contribution in [0, 0.1) is 5.92 Å². The fraction of sp³-hybridized carbons (Fsp3) is 0.571. The second-order valence-corrected chi connectivity index (χ2v) is 8.21. The first-order valence-electron chi connectivity index (χ1n) is 10.4. The van der Waals surface area contributed by atoms with Crippen molar-refractivity contribution in [3.63, 3.8) is 0 Å². The molecule has 5 nitrogen and oxygen atoms in total. The van der Waals surface area contributed by atoms with Crippen LogP contribution in [-0.2, 0) is 6.54 Å². The van der Waals surface area contributed by atoms with Crippen molar-refractivity contribution < 1.29 is 17.6 Å². The summed E-state index contributed by atoms with van der Waals surface area (Å²) in [6, 6.07) is 1.76. The Hall–Kier alpha value is -2.22. The van der Waals surface area contributed by atoms with Crippen molar-refractivity contribution in [1.82, 2.24) is 20.2 Å². The molecule has 4 heterocycles. The smallest absolute Gasteiger partial charge is 0.414 e. The summed E-state index contributed by atoms with van der Waals surface area (Å²) in [5.74, 6) is 1.60. The maximum Gasteiger partial charge on any atom is 0.414 e. The predicted molar refractivity (Wildman–Crippen MR) is 103 cm³/mol. The molecule has 8 heteroatoms. The molecule has 29 heavy (non-hydrogen) atoms. The monoisotopic (exact) mass is 406 g/mol. The van der Waals surface area contributed by atoms with Crippen LogP contribution in [0.1, 0.15) is 56.0 Å². The molecule has 0 aromatic carbocycles. The minimum absolute atomic E-state index is 0.0925. The number of imidazole rings is 1. The number of nitrogens with one attached hydrogen (secondary N) is 2. The van der Waals surface area contributed by atoms with Gasteiger partial charge in [0.05, 0.1) is 17.7 Å². The Labute approximate surface area is 167 Å². The van der Waals surface area contributed by atoms with Gasteiger partial charge >= 0.3 is 6.18 Å². The number of rotatable bonds is 4. The number of piperidine rings is 1. The maximum absolute atomic E-state index is 13.9. The summed E-state index contributed by atoms with van der Waals surface area (Å²) in [6.07, 6.45) is 2.61. The van der Waals surface area contributed by atoms with Crippen molar-refractivity contribution >= 4 is 5.57 Å². The van der Waals surface area contributed by atoms with Crippen LogP contribution >= 0.6 is 0 Å². The van der Waals surface area contributed by atoms with Crippen molar-refractivity contribution in [3.8, 4) is 11.6 Å². The van der Waals surface area contributed by atoms with Crippen LogP contribution in [0.15, 0.2) is 28.5 Å². The lowest BCUT2D eigenvalue weighted by Crippen LogP contribution is -2.37. The number of alkyl halides is 3. The molecule has 5 rings (SSSR count). The number of nitrogens with zero attached hydrogens (tertiary/aromatic N) is 2. The predicted octanol–water partition coefficient (Wildman–Crippen LogP) is 4.63. The number of hydrogen-bond donors (Lipinski definition) is 2. The lowest BCUT2D eigenvalue weighted by atomic mass is 9.94. The first kappa shape index (κ1) is 18.8. The molecule has 1 saturated heterocycles. The van der Waals surface area contributed by atoms with E-state index in [-0.39, 0.29) is 5.69 Å². The first-order chi connectivity index (χ1) is 14.0. The Morgan fingerprint density at radius 1 is 1.21 bits per heavy atom. The number of halogens is 3. The topological polar surface area (TPSA) is 55.0 Å². The van der Waals surface area contributed by atoms with Gasteiger partial charge in [-0.2, -0.15) is 13.2 Å². The molecule has 2 aromatic rings. The Morgan fingerprint density at radius 3 is 2.76 bits per heavy atom. The molecule has 1 atom stereocenters. The minimum atomic E-state index is -4.40. The normalized spacial score (nSPS) is 22.5. The summed E-state index contributed by atoms with van der Waals surface area (Å²) in [4.78, 5) is 4.51.